The van der Waals surface area contributed by atoms with Crippen LogP contribution < -0.4 is 4.74 Å². The van der Waals surface area contributed by atoms with Crippen molar-refractivity contribution in [1.29, 1.82) is 0 Å². The standard InChI is InChI=1S/C15H21ClN4O/c1-3-20-12-17-18-15(20)11-19(2)9-4-10-21-14-7-5-13(16)6-8-14/h5-8,12H,3-4,9-11H2,1-2H3. The molecule has 0 spiro atoms. The molecule has 0 unspecified atom stereocenters. The molecule has 0 aliphatic heterocycles. The fourth-order valence-electron chi connectivity index (χ4n) is 2.04. The fraction of sp³-hybridized carbons (Fsp3) is 0.467. The number of halogens is 1. The molecule has 1 aromatic carbocycles. The molecule has 0 bridgehead atoms. The highest BCUT2D eigenvalue weighted by Gasteiger charge is 2.06. The largest absolute Gasteiger partial charge is 0.494 e. The first-order chi connectivity index (χ1) is 10.2. The van der Waals surface area contributed by atoms with Crippen LogP contribution in [0, 0.1) is 0 Å². The number of rotatable bonds is 8. The van der Waals surface area contributed by atoms with Crippen LogP contribution in [-0.2, 0) is 13.1 Å². The van der Waals surface area contributed by atoms with Gasteiger partial charge in [-0.1, -0.05) is 11.6 Å². The Morgan fingerprint density at radius 1 is 1.29 bits per heavy atom. The molecule has 0 radical (unpaired) electrons. The van der Waals surface area contributed by atoms with Crippen molar-refractivity contribution < 1.29 is 4.74 Å². The van der Waals surface area contributed by atoms with Gasteiger partial charge in [-0.2, -0.15) is 0 Å². The summed E-state index contributed by atoms with van der Waals surface area (Å²) < 4.78 is 7.73. The van der Waals surface area contributed by atoms with E-state index in [2.05, 4.69) is 33.6 Å². The minimum absolute atomic E-state index is 0.687. The molecule has 0 N–H and O–H groups in total. The zero-order valence-corrected chi connectivity index (χ0v) is 13.3. The Kier molecular flexibility index (Phi) is 6.02. The maximum absolute atomic E-state index is 5.83. The van der Waals surface area contributed by atoms with Crippen molar-refractivity contribution in [3.63, 3.8) is 0 Å². The van der Waals surface area contributed by atoms with E-state index >= 15 is 0 Å². The normalized spacial score (nSPS) is 11.0. The molecule has 1 heterocycles. The summed E-state index contributed by atoms with van der Waals surface area (Å²) in [5.41, 5.74) is 0. The van der Waals surface area contributed by atoms with Gasteiger partial charge in [0.15, 0.2) is 0 Å². The average Bonchev–Trinajstić information content (AvgIpc) is 2.92. The maximum Gasteiger partial charge on any atom is 0.146 e. The smallest absolute Gasteiger partial charge is 0.146 e. The van der Waals surface area contributed by atoms with E-state index in [4.69, 9.17) is 16.3 Å². The van der Waals surface area contributed by atoms with Crippen LogP contribution in [0.4, 0.5) is 0 Å². The van der Waals surface area contributed by atoms with Gasteiger partial charge < -0.3 is 9.30 Å². The number of hydrogen-bond acceptors (Lipinski definition) is 4. The summed E-state index contributed by atoms with van der Waals surface area (Å²) in [6.45, 7) is 5.42. The van der Waals surface area contributed by atoms with Crippen LogP contribution >= 0.6 is 11.6 Å². The molecule has 0 saturated heterocycles. The Morgan fingerprint density at radius 2 is 2.05 bits per heavy atom. The zero-order chi connectivity index (χ0) is 15.1. The molecule has 114 valence electrons. The number of benzene rings is 1. The molecule has 5 nitrogen and oxygen atoms in total. The van der Waals surface area contributed by atoms with Crippen LogP contribution in [0.5, 0.6) is 5.75 Å². The van der Waals surface area contributed by atoms with E-state index in [1.54, 1.807) is 6.33 Å². The van der Waals surface area contributed by atoms with Crippen LogP contribution in [-0.4, -0.2) is 39.9 Å². The van der Waals surface area contributed by atoms with Gasteiger partial charge in [0.05, 0.1) is 13.2 Å². The lowest BCUT2D eigenvalue weighted by molar-refractivity contribution is 0.254. The number of aryl methyl sites for hydroxylation is 1. The fourth-order valence-corrected chi connectivity index (χ4v) is 2.17. The predicted octanol–water partition coefficient (Wildman–Crippen LogP) is 2.85. The Hall–Kier alpha value is -1.59. The van der Waals surface area contributed by atoms with Gasteiger partial charge in [0.1, 0.15) is 17.9 Å². The molecule has 0 fully saturated rings. The molecule has 0 aliphatic carbocycles. The number of aromatic nitrogens is 3. The van der Waals surface area contributed by atoms with Gasteiger partial charge in [0.25, 0.3) is 0 Å². The van der Waals surface area contributed by atoms with Gasteiger partial charge in [-0.3, -0.25) is 4.90 Å². The van der Waals surface area contributed by atoms with Gasteiger partial charge in [0, 0.05) is 18.1 Å². The van der Waals surface area contributed by atoms with Crippen LogP contribution in [0.3, 0.4) is 0 Å². The average molecular weight is 309 g/mol. The molecule has 6 heteroatoms. The molecule has 1 aromatic heterocycles. The first kappa shape index (κ1) is 15.8. The molecule has 0 aliphatic rings. The van der Waals surface area contributed by atoms with E-state index in [1.165, 1.54) is 0 Å². The number of ether oxygens (including phenoxy) is 1. The van der Waals surface area contributed by atoms with Gasteiger partial charge in [0.2, 0.25) is 0 Å². The summed E-state index contributed by atoms with van der Waals surface area (Å²) in [5.74, 6) is 1.85. The van der Waals surface area contributed by atoms with Gasteiger partial charge in [-0.05, 0) is 44.7 Å². The summed E-state index contributed by atoms with van der Waals surface area (Å²) in [7, 11) is 2.08. The van der Waals surface area contributed by atoms with Crippen molar-refractivity contribution >= 4 is 11.6 Å². The van der Waals surface area contributed by atoms with Crippen molar-refractivity contribution in [2.75, 3.05) is 20.2 Å². The Bertz CT molecular complexity index is 541. The Balaban J connectivity index is 1.67. The molecule has 21 heavy (non-hydrogen) atoms. The summed E-state index contributed by atoms with van der Waals surface area (Å²) in [4.78, 5) is 2.22. The van der Waals surface area contributed by atoms with Crippen molar-refractivity contribution in [3.05, 3.63) is 41.4 Å². The third kappa shape index (κ3) is 5.02. The van der Waals surface area contributed by atoms with Gasteiger partial charge in [-0.25, -0.2) is 0 Å². The van der Waals surface area contributed by atoms with E-state index in [1.807, 2.05) is 24.3 Å². The lowest BCUT2D eigenvalue weighted by Crippen LogP contribution is -2.22. The van der Waals surface area contributed by atoms with E-state index < -0.39 is 0 Å². The summed E-state index contributed by atoms with van der Waals surface area (Å²) >= 11 is 5.83. The third-order valence-electron chi connectivity index (χ3n) is 3.21. The number of nitrogens with zero attached hydrogens (tertiary/aromatic N) is 4. The molecular weight excluding hydrogens is 288 g/mol. The van der Waals surface area contributed by atoms with Crippen LogP contribution in [0.1, 0.15) is 19.2 Å². The van der Waals surface area contributed by atoms with Crippen molar-refractivity contribution in [1.82, 2.24) is 19.7 Å². The molecule has 0 saturated carbocycles. The zero-order valence-electron chi connectivity index (χ0n) is 12.5. The Morgan fingerprint density at radius 3 is 2.76 bits per heavy atom. The SMILES string of the molecule is CCn1cnnc1CN(C)CCCOc1ccc(Cl)cc1. The highest BCUT2D eigenvalue weighted by atomic mass is 35.5. The maximum atomic E-state index is 5.83. The molecule has 0 atom stereocenters. The molecule has 2 rings (SSSR count). The second-order valence-electron chi connectivity index (χ2n) is 4.93. The van der Waals surface area contributed by atoms with Crippen LogP contribution in [0.15, 0.2) is 30.6 Å². The molecule has 2 aromatic rings. The monoisotopic (exact) mass is 308 g/mol. The lowest BCUT2D eigenvalue weighted by atomic mass is 10.3. The minimum atomic E-state index is 0.687. The van der Waals surface area contributed by atoms with E-state index in [0.29, 0.717) is 6.61 Å². The van der Waals surface area contributed by atoms with Gasteiger partial charge >= 0.3 is 0 Å². The lowest BCUT2D eigenvalue weighted by Gasteiger charge is -2.16. The van der Waals surface area contributed by atoms with E-state index in [0.717, 1.165) is 42.7 Å². The minimum Gasteiger partial charge on any atom is -0.494 e. The molecule has 0 amide bonds. The van der Waals surface area contributed by atoms with Gasteiger partial charge in [-0.15, -0.1) is 10.2 Å². The van der Waals surface area contributed by atoms with E-state index in [-0.39, 0.29) is 0 Å². The predicted molar refractivity (Wildman–Crippen MR) is 83.6 cm³/mol. The first-order valence-corrected chi connectivity index (χ1v) is 7.50. The topological polar surface area (TPSA) is 43.2 Å². The van der Waals surface area contributed by atoms with Crippen molar-refractivity contribution in [2.24, 2.45) is 0 Å². The second-order valence-corrected chi connectivity index (χ2v) is 5.36. The van der Waals surface area contributed by atoms with Crippen molar-refractivity contribution in [2.45, 2.75) is 26.4 Å². The summed E-state index contributed by atoms with van der Waals surface area (Å²) in [6.07, 6.45) is 2.73. The summed E-state index contributed by atoms with van der Waals surface area (Å²) in [5, 5.41) is 8.80. The highest BCUT2D eigenvalue weighted by Crippen LogP contribution is 2.15. The third-order valence-corrected chi connectivity index (χ3v) is 3.47. The van der Waals surface area contributed by atoms with Crippen LogP contribution in [0.2, 0.25) is 5.02 Å². The summed E-state index contributed by atoms with van der Waals surface area (Å²) in [6, 6.07) is 7.44. The second kappa shape index (κ2) is 8.00. The quantitative estimate of drug-likeness (QED) is 0.703. The van der Waals surface area contributed by atoms with Crippen molar-refractivity contribution in [3.8, 4) is 5.75 Å². The number of hydrogen-bond donors (Lipinski definition) is 0. The highest BCUT2D eigenvalue weighted by molar-refractivity contribution is 6.30. The Labute approximate surface area is 130 Å². The molecular formula is C15H21ClN4O. The first-order valence-electron chi connectivity index (χ1n) is 7.12. The van der Waals surface area contributed by atoms with E-state index in [9.17, 15) is 0 Å². The van der Waals surface area contributed by atoms with Crippen LogP contribution in [0.25, 0.3) is 0 Å².